The van der Waals surface area contributed by atoms with Gasteiger partial charge in [-0.2, -0.15) is 0 Å². The van der Waals surface area contributed by atoms with Crippen molar-refractivity contribution in [2.45, 2.75) is 0 Å². The van der Waals surface area contributed by atoms with E-state index in [1.54, 1.807) is 35.8 Å². The lowest BCUT2D eigenvalue weighted by molar-refractivity contribution is 0.102. The molecule has 3 rings (SSSR count). The molecule has 0 aliphatic carbocycles. The summed E-state index contributed by atoms with van der Waals surface area (Å²) in [5.74, 6) is -0.465. The van der Waals surface area contributed by atoms with E-state index in [1.165, 1.54) is 11.3 Å². The Labute approximate surface area is 128 Å². The number of halogens is 1. The van der Waals surface area contributed by atoms with Gasteiger partial charge in [-0.1, -0.05) is 16.8 Å². The SMILES string of the molecule is Nc1onc(-c2nccs2)c1C(=O)Nc1ccc(Cl)cc1. The summed E-state index contributed by atoms with van der Waals surface area (Å²) in [6, 6.07) is 6.73. The average molecular weight is 321 g/mol. The lowest BCUT2D eigenvalue weighted by Gasteiger charge is -2.04. The van der Waals surface area contributed by atoms with Crippen LogP contribution in [0.5, 0.6) is 0 Å². The number of nitrogen functional groups attached to an aromatic ring is 1. The Bertz CT molecular complexity index is 768. The van der Waals surface area contributed by atoms with E-state index in [0.29, 0.717) is 21.4 Å². The maximum atomic E-state index is 12.3. The largest absolute Gasteiger partial charge is 0.367 e. The van der Waals surface area contributed by atoms with E-state index in [1.807, 2.05) is 0 Å². The van der Waals surface area contributed by atoms with Gasteiger partial charge in [0.1, 0.15) is 10.6 Å². The van der Waals surface area contributed by atoms with E-state index < -0.39 is 5.91 Å². The van der Waals surface area contributed by atoms with E-state index in [9.17, 15) is 4.79 Å². The zero-order valence-electron chi connectivity index (χ0n) is 10.5. The molecule has 2 heterocycles. The molecular formula is C13H9ClN4O2S. The van der Waals surface area contributed by atoms with E-state index in [-0.39, 0.29) is 11.4 Å². The van der Waals surface area contributed by atoms with Gasteiger partial charge in [0.15, 0.2) is 5.69 Å². The highest BCUT2D eigenvalue weighted by atomic mass is 35.5. The smallest absolute Gasteiger partial charge is 0.263 e. The standard InChI is InChI=1S/C13H9ClN4O2S/c14-7-1-3-8(4-2-7)17-12(19)9-10(18-20-11(9)15)13-16-5-6-21-13/h1-6H,15H2,(H,17,19). The van der Waals surface area contributed by atoms with Crippen molar-refractivity contribution >= 4 is 40.4 Å². The first-order chi connectivity index (χ1) is 10.1. The molecule has 3 N–H and O–H groups in total. The van der Waals surface area contributed by atoms with Crippen LogP contribution in [0.4, 0.5) is 11.6 Å². The number of thiazole rings is 1. The molecule has 0 aliphatic heterocycles. The number of amides is 1. The molecule has 0 spiro atoms. The summed E-state index contributed by atoms with van der Waals surface area (Å²) in [4.78, 5) is 16.5. The Morgan fingerprint density at radius 1 is 1.33 bits per heavy atom. The molecule has 0 atom stereocenters. The van der Waals surface area contributed by atoms with Crippen LogP contribution in [0, 0.1) is 0 Å². The molecule has 0 bridgehead atoms. The second-order valence-corrected chi connectivity index (χ2v) is 5.40. The van der Waals surface area contributed by atoms with Crippen molar-refractivity contribution in [3.05, 3.63) is 46.4 Å². The summed E-state index contributed by atoms with van der Waals surface area (Å²) in [7, 11) is 0. The van der Waals surface area contributed by atoms with E-state index >= 15 is 0 Å². The minimum Gasteiger partial charge on any atom is -0.367 e. The molecule has 2 aromatic heterocycles. The summed E-state index contributed by atoms with van der Waals surface area (Å²) in [5, 5.41) is 9.44. The van der Waals surface area contributed by atoms with Crippen LogP contribution in [0.25, 0.3) is 10.7 Å². The molecule has 3 aromatic rings. The van der Waals surface area contributed by atoms with Crippen LogP contribution >= 0.6 is 22.9 Å². The van der Waals surface area contributed by atoms with Gasteiger partial charge in [0.2, 0.25) is 5.88 Å². The second-order valence-electron chi connectivity index (χ2n) is 4.07. The molecule has 1 aromatic carbocycles. The fraction of sp³-hybridized carbons (Fsp3) is 0. The third kappa shape index (κ3) is 2.74. The molecule has 0 aliphatic rings. The third-order valence-electron chi connectivity index (χ3n) is 2.68. The number of hydrogen-bond donors (Lipinski definition) is 2. The number of nitrogens with two attached hydrogens (primary N) is 1. The van der Waals surface area contributed by atoms with E-state index in [4.69, 9.17) is 21.9 Å². The summed E-state index contributed by atoms with van der Waals surface area (Å²) in [6.45, 7) is 0. The van der Waals surface area contributed by atoms with Crippen LogP contribution in [0.1, 0.15) is 10.4 Å². The Balaban J connectivity index is 1.91. The molecule has 21 heavy (non-hydrogen) atoms. The van der Waals surface area contributed by atoms with Crippen molar-refractivity contribution < 1.29 is 9.32 Å². The van der Waals surface area contributed by atoms with Gasteiger partial charge >= 0.3 is 0 Å². The number of aromatic nitrogens is 2. The van der Waals surface area contributed by atoms with Crippen LogP contribution in [0.2, 0.25) is 5.02 Å². The van der Waals surface area contributed by atoms with Crippen LogP contribution < -0.4 is 11.1 Å². The minimum atomic E-state index is -0.415. The predicted octanol–water partition coefficient (Wildman–Crippen LogP) is 3.29. The van der Waals surface area contributed by atoms with Crippen LogP contribution in [-0.2, 0) is 0 Å². The van der Waals surface area contributed by atoms with E-state index in [0.717, 1.165) is 0 Å². The van der Waals surface area contributed by atoms with Gasteiger partial charge < -0.3 is 15.6 Å². The first-order valence-electron chi connectivity index (χ1n) is 5.87. The third-order valence-corrected chi connectivity index (χ3v) is 3.71. The molecule has 106 valence electrons. The summed E-state index contributed by atoms with van der Waals surface area (Å²) >= 11 is 7.14. The van der Waals surface area contributed by atoms with Crippen molar-refractivity contribution in [1.29, 1.82) is 0 Å². The molecule has 0 saturated carbocycles. The first-order valence-corrected chi connectivity index (χ1v) is 7.13. The molecule has 1 amide bonds. The monoisotopic (exact) mass is 320 g/mol. The van der Waals surface area contributed by atoms with E-state index in [2.05, 4.69) is 15.5 Å². The highest BCUT2D eigenvalue weighted by Gasteiger charge is 2.24. The lowest BCUT2D eigenvalue weighted by Crippen LogP contribution is -2.13. The van der Waals surface area contributed by atoms with Crippen LogP contribution in [-0.4, -0.2) is 16.0 Å². The Morgan fingerprint density at radius 3 is 2.76 bits per heavy atom. The molecule has 6 nitrogen and oxygen atoms in total. The van der Waals surface area contributed by atoms with Crippen molar-refractivity contribution in [2.75, 3.05) is 11.1 Å². The number of rotatable bonds is 3. The number of nitrogens with one attached hydrogen (secondary N) is 1. The Kier molecular flexibility index (Phi) is 3.59. The summed E-state index contributed by atoms with van der Waals surface area (Å²) in [6.07, 6.45) is 1.62. The number of nitrogens with zero attached hydrogens (tertiary/aromatic N) is 2. The molecule has 0 saturated heterocycles. The number of hydrogen-bond acceptors (Lipinski definition) is 6. The quantitative estimate of drug-likeness (QED) is 0.772. The van der Waals surface area contributed by atoms with Gasteiger partial charge in [-0.25, -0.2) is 4.98 Å². The highest BCUT2D eigenvalue weighted by Crippen LogP contribution is 2.29. The van der Waals surface area contributed by atoms with Crippen molar-refractivity contribution in [1.82, 2.24) is 10.1 Å². The number of benzene rings is 1. The van der Waals surface area contributed by atoms with Gasteiger partial charge in [-0.05, 0) is 24.3 Å². The van der Waals surface area contributed by atoms with Crippen LogP contribution in [0.3, 0.4) is 0 Å². The first kappa shape index (κ1) is 13.6. The van der Waals surface area contributed by atoms with Gasteiger partial charge in [-0.3, -0.25) is 4.79 Å². The summed E-state index contributed by atoms with van der Waals surface area (Å²) in [5.41, 5.74) is 6.78. The molecule has 8 heteroatoms. The fourth-order valence-corrected chi connectivity index (χ4v) is 2.48. The number of carbonyl (C=O) groups excluding carboxylic acids is 1. The van der Waals surface area contributed by atoms with Crippen molar-refractivity contribution in [3.63, 3.8) is 0 Å². The highest BCUT2D eigenvalue weighted by molar-refractivity contribution is 7.13. The van der Waals surface area contributed by atoms with Crippen molar-refractivity contribution in [3.8, 4) is 10.7 Å². The number of anilines is 2. The Morgan fingerprint density at radius 2 is 2.10 bits per heavy atom. The normalized spacial score (nSPS) is 10.5. The van der Waals surface area contributed by atoms with Gasteiger partial charge in [-0.15, -0.1) is 11.3 Å². The fourth-order valence-electron chi connectivity index (χ4n) is 1.74. The lowest BCUT2D eigenvalue weighted by atomic mass is 10.2. The zero-order chi connectivity index (χ0) is 14.8. The minimum absolute atomic E-state index is 0.0494. The van der Waals surface area contributed by atoms with Crippen LogP contribution in [0.15, 0.2) is 40.4 Å². The summed E-state index contributed by atoms with van der Waals surface area (Å²) < 4.78 is 4.91. The Hall–Kier alpha value is -2.38. The number of carbonyl (C=O) groups is 1. The van der Waals surface area contributed by atoms with Crippen molar-refractivity contribution in [2.24, 2.45) is 0 Å². The average Bonchev–Trinajstić information content (AvgIpc) is 3.10. The molecule has 0 fully saturated rings. The maximum Gasteiger partial charge on any atom is 0.263 e. The zero-order valence-corrected chi connectivity index (χ0v) is 12.1. The predicted molar refractivity (Wildman–Crippen MR) is 81.4 cm³/mol. The topological polar surface area (TPSA) is 94.0 Å². The molecule has 0 radical (unpaired) electrons. The van der Waals surface area contributed by atoms with Gasteiger partial charge in [0.25, 0.3) is 5.91 Å². The molecule has 0 unspecified atom stereocenters. The maximum absolute atomic E-state index is 12.3. The second kappa shape index (κ2) is 5.55. The van der Waals surface area contributed by atoms with Gasteiger partial charge in [0.05, 0.1) is 0 Å². The van der Waals surface area contributed by atoms with Gasteiger partial charge in [0, 0.05) is 22.3 Å². The molecular weight excluding hydrogens is 312 g/mol.